The van der Waals surface area contributed by atoms with Gasteiger partial charge in [0.2, 0.25) is 5.91 Å². The number of rotatable bonds is 5. The number of benzene rings is 1. The molecule has 7 heteroatoms. The fraction of sp³-hybridized carbons (Fsp3) is 0.652. The molecule has 3 N–H and O–H groups in total. The van der Waals surface area contributed by atoms with Crippen molar-refractivity contribution in [2.24, 2.45) is 12.8 Å². The van der Waals surface area contributed by atoms with Crippen LogP contribution in [0.5, 0.6) is 0 Å². The third kappa shape index (κ3) is 4.18. The van der Waals surface area contributed by atoms with E-state index >= 15 is 0 Å². The van der Waals surface area contributed by atoms with Gasteiger partial charge in [-0.15, -0.1) is 0 Å². The normalized spacial score (nSPS) is 20.0. The molecule has 1 unspecified atom stereocenters. The molecule has 164 valence electrons. The molecule has 0 aliphatic carbocycles. The molecule has 0 bridgehead atoms. The molecule has 1 aromatic heterocycles. The Labute approximate surface area is 178 Å². The number of aromatic amines is 1. The molecule has 0 radical (unpaired) electrons. The highest BCUT2D eigenvalue weighted by Crippen LogP contribution is 2.23. The highest BCUT2D eigenvalue weighted by Gasteiger charge is 2.29. The lowest BCUT2D eigenvalue weighted by molar-refractivity contribution is -0.134. The Morgan fingerprint density at radius 1 is 1.17 bits per heavy atom. The first-order chi connectivity index (χ1) is 14.5. The number of hydrogen-bond acceptors (Lipinski definition) is 4. The summed E-state index contributed by atoms with van der Waals surface area (Å²) >= 11 is 0. The zero-order valence-corrected chi connectivity index (χ0v) is 18.3. The monoisotopic (exact) mass is 413 g/mol. The van der Waals surface area contributed by atoms with Gasteiger partial charge in [-0.05, 0) is 68.8 Å². The van der Waals surface area contributed by atoms with Crippen molar-refractivity contribution in [3.63, 3.8) is 0 Å². The van der Waals surface area contributed by atoms with Crippen LogP contribution in [0.1, 0.15) is 50.2 Å². The quantitative estimate of drug-likeness (QED) is 0.782. The summed E-state index contributed by atoms with van der Waals surface area (Å²) in [5.74, 6) is 0.0493. The number of nitrogens with two attached hydrogens (primary N) is 1. The van der Waals surface area contributed by atoms with Gasteiger partial charge >= 0.3 is 5.69 Å². The van der Waals surface area contributed by atoms with Gasteiger partial charge in [-0.2, -0.15) is 0 Å². The highest BCUT2D eigenvalue weighted by atomic mass is 16.2. The van der Waals surface area contributed by atoms with Crippen molar-refractivity contribution in [1.82, 2.24) is 19.4 Å². The van der Waals surface area contributed by atoms with Crippen LogP contribution in [-0.2, 0) is 24.7 Å². The summed E-state index contributed by atoms with van der Waals surface area (Å²) in [6.07, 6.45) is 7.38. The number of nitrogens with one attached hydrogen (secondary N) is 1. The molecular formula is C23H35N5O2. The van der Waals surface area contributed by atoms with Gasteiger partial charge in [0.05, 0.1) is 17.1 Å². The second-order valence-corrected chi connectivity index (χ2v) is 8.96. The Balaban J connectivity index is 1.40. The SMILES string of the molecule is CCc1cc(CC(N)C(=O)N2CCC(N3CCCCC3)CC2)cc2c1[nH]c(=O)n2C. The van der Waals surface area contributed by atoms with E-state index in [2.05, 4.69) is 22.9 Å². The van der Waals surface area contributed by atoms with Gasteiger partial charge in [0, 0.05) is 26.2 Å². The molecule has 0 saturated carbocycles. The standard InChI is InChI=1S/C23H35N5O2/c1-3-17-13-16(15-20-21(17)25-23(30)26(20)2)14-19(24)22(29)28-11-7-18(8-12-28)27-9-5-4-6-10-27/h13,15,18-19H,3-12,14,24H2,1-2H3,(H,25,30). The average molecular weight is 414 g/mol. The number of aryl methyl sites for hydroxylation is 2. The lowest BCUT2D eigenvalue weighted by atomic mass is 9.97. The van der Waals surface area contributed by atoms with Gasteiger partial charge in [-0.25, -0.2) is 4.79 Å². The minimum Gasteiger partial charge on any atom is -0.341 e. The number of fused-ring (bicyclic) bond motifs is 1. The first-order valence-electron chi connectivity index (χ1n) is 11.5. The lowest BCUT2D eigenvalue weighted by Gasteiger charge is -2.40. The predicted molar refractivity (Wildman–Crippen MR) is 120 cm³/mol. The first kappa shape index (κ1) is 21.1. The van der Waals surface area contributed by atoms with Crippen molar-refractivity contribution in [2.45, 2.75) is 64.0 Å². The van der Waals surface area contributed by atoms with Crippen LogP contribution in [0.3, 0.4) is 0 Å². The fourth-order valence-electron chi connectivity index (χ4n) is 5.17. The number of imidazole rings is 1. The topological polar surface area (TPSA) is 87.4 Å². The van der Waals surface area contributed by atoms with Gasteiger partial charge in [0.15, 0.2) is 0 Å². The zero-order valence-electron chi connectivity index (χ0n) is 18.3. The van der Waals surface area contributed by atoms with E-state index in [1.165, 1.54) is 32.4 Å². The van der Waals surface area contributed by atoms with Gasteiger partial charge in [-0.3, -0.25) is 9.36 Å². The van der Waals surface area contributed by atoms with Crippen LogP contribution in [0.4, 0.5) is 0 Å². The number of likely N-dealkylation sites (tertiary alicyclic amines) is 2. The summed E-state index contributed by atoms with van der Waals surface area (Å²) in [6, 6.07) is 4.14. The summed E-state index contributed by atoms with van der Waals surface area (Å²) in [5, 5.41) is 0. The summed E-state index contributed by atoms with van der Waals surface area (Å²) in [4.78, 5) is 32.5. The maximum absolute atomic E-state index is 13.0. The van der Waals surface area contributed by atoms with Crippen LogP contribution in [0, 0.1) is 0 Å². The van der Waals surface area contributed by atoms with E-state index in [0.717, 1.165) is 54.5 Å². The first-order valence-corrected chi connectivity index (χ1v) is 11.5. The highest BCUT2D eigenvalue weighted by molar-refractivity contribution is 5.83. The van der Waals surface area contributed by atoms with Crippen LogP contribution in [0.15, 0.2) is 16.9 Å². The molecule has 7 nitrogen and oxygen atoms in total. The third-order valence-electron chi connectivity index (χ3n) is 6.99. The van der Waals surface area contributed by atoms with Crippen LogP contribution in [0.25, 0.3) is 11.0 Å². The minimum absolute atomic E-state index is 0.0493. The summed E-state index contributed by atoms with van der Waals surface area (Å²) in [6.45, 7) is 6.10. The third-order valence-corrected chi connectivity index (χ3v) is 6.99. The van der Waals surface area contributed by atoms with Crippen LogP contribution in [0.2, 0.25) is 0 Å². The number of hydrogen-bond donors (Lipinski definition) is 2. The fourth-order valence-corrected chi connectivity index (χ4v) is 5.17. The Hall–Kier alpha value is -2.12. The van der Waals surface area contributed by atoms with Crippen molar-refractivity contribution in [3.05, 3.63) is 33.7 Å². The number of carbonyl (C=O) groups excluding carboxylic acids is 1. The molecule has 2 fully saturated rings. The number of piperidine rings is 2. The van der Waals surface area contributed by atoms with Crippen molar-refractivity contribution in [1.29, 1.82) is 0 Å². The zero-order chi connectivity index (χ0) is 21.3. The molecule has 2 aliphatic heterocycles. The van der Waals surface area contributed by atoms with E-state index in [4.69, 9.17) is 5.73 Å². The van der Waals surface area contributed by atoms with E-state index < -0.39 is 6.04 Å². The van der Waals surface area contributed by atoms with E-state index in [1.54, 1.807) is 11.6 Å². The van der Waals surface area contributed by atoms with E-state index in [1.807, 2.05) is 11.0 Å². The van der Waals surface area contributed by atoms with E-state index in [-0.39, 0.29) is 11.6 Å². The lowest BCUT2D eigenvalue weighted by Crippen LogP contribution is -2.52. The largest absolute Gasteiger partial charge is 0.341 e. The predicted octanol–water partition coefficient (Wildman–Crippen LogP) is 1.78. The van der Waals surface area contributed by atoms with E-state index in [0.29, 0.717) is 12.5 Å². The second-order valence-electron chi connectivity index (χ2n) is 8.96. The molecule has 2 aliphatic rings. The molecule has 1 amide bonds. The summed E-state index contributed by atoms with van der Waals surface area (Å²) in [5.41, 5.74) is 10.1. The van der Waals surface area contributed by atoms with Crippen LogP contribution in [-0.4, -0.2) is 63.5 Å². The van der Waals surface area contributed by atoms with Crippen molar-refractivity contribution in [2.75, 3.05) is 26.2 Å². The molecule has 2 aromatic rings. The van der Waals surface area contributed by atoms with Gasteiger partial charge in [0.1, 0.15) is 0 Å². The Kier molecular flexibility index (Phi) is 6.29. The summed E-state index contributed by atoms with van der Waals surface area (Å²) < 4.78 is 1.62. The second kappa shape index (κ2) is 8.94. The maximum atomic E-state index is 13.0. The molecule has 1 atom stereocenters. The molecule has 3 heterocycles. The van der Waals surface area contributed by atoms with E-state index in [9.17, 15) is 9.59 Å². The van der Waals surface area contributed by atoms with Crippen molar-refractivity contribution >= 4 is 16.9 Å². The van der Waals surface area contributed by atoms with Gasteiger partial charge < -0.3 is 20.5 Å². The molecule has 30 heavy (non-hydrogen) atoms. The Morgan fingerprint density at radius 2 is 1.87 bits per heavy atom. The van der Waals surface area contributed by atoms with Crippen molar-refractivity contribution < 1.29 is 4.79 Å². The average Bonchev–Trinajstić information content (AvgIpc) is 3.07. The van der Waals surface area contributed by atoms with Crippen LogP contribution >= 0.6 is 0 Å². The number of nitrogens with zero attached hydrogens (tertiary/aromatic N) is 3. The number of carbonyl (C=O) groups is 1. The van der Waals surface area contributed by atoms with Gasteiger partial charge in [-0.1, -0.05) is 19.4 Å². The smallest absolute Gasteiger partial charge is 0.326 e. The molecule has 4 rings (SSSR count). The maximum Gasteiger partial charge on any atom is 0.326 e. The number of H-pyrrole nitrogens is 1. The molecular weight excluding hydrogens is 378 g/mol. The minimum atomic E-state index is -0.547. The summed E-state index contributed by atoms with van der Waals surface area (Å²) in [7, 11) is 1.77. The molecule has 2 saturated heterocycles. The molecule has 0 spiro atoms. The van der Waals surface area contributed by atoms with Crippen molar-refractivity contribution in [3.8, 4) is 0 Å². The molecule has 1 aromatic carbocycles. The number of amides is 1. The number of aromatic nitrogens is 2. The van der Waals surface area contributed by atoms with Gasteiger partial charge in [0.25, 0.3) is 0 Å². The Bertz CT molecular complexity index is 948. The Morgan fingerprint density at radius 3 is 2.53 bits per heavy atom. The van der Waals surface area contributed by atoms with Crippen LogP contribution < -0.4 is 11.4 Å².